The third-order valence-electron chi connectivity index (χ3n) is 0.267. The van der Waals surface area contributed by atoms with E-state index in [0.29, 0.717) is 0 Å². The molecule has 0 aromatic carbocycles. The van der Waals surface area contributed by atoms with Crippen LogP contribution in [0.2, 0.25) is 0 Å². The zero-order valence-electron chi connectivity index (χ0n) is 4.29. The molecule has 0 bridgehead atoms. The maximum Gasteiger partial charge on any atom is 3.00 e. The molecule has 0 aromatic rings. The summed E-state index contributed by atoms with van der Waals surface area (Å²) < 4.78 is 30.7. The molecule has 45 valence electrons. The van der Waals surface area contributed by atoms with Crippen LogP contribution in [0.15, 0.2) is 0 Å². The molecule has 0 unspecified atom stereocenters. The molecule has 1 N–H and O–H groups in total. The van der Waals surface area contributed by atoms with Crippen molar-refractivity contribution in [3.05, 3.63) is 0 Å². The van der Waals surface area contributed by atoms with Gasteiger partial charge in [0.2, 0.25) is 0 Å². The molecule has 0 atom stereocenters. The van der Waals surface area contributed by atoms with Gasteiger partial charge < -0.3 is 0 Å². The van der Waals surface area contributed by atoms with Crippen LogP contribution in [0.4, 0.5) is 0 Å². The molecule has 0 spiro atoms. The van der Waals surface area contributed by atoms with E-state index in [9.17, 15) is 8.42 Å². The predicted octanol–water partition coefficient (Wildman–Crippen LogP) is -0.174. The Kier molecular flexibility index (Phi) is 7.53. The van der Waals surface area contributed by atoms with Crippen molar-refractivity contribution >= 4 is 10.4 Å². The first-order valence-corrected chi connectivity index (χ1v) is 3.04. The van der Waals surface area contributed by atoms with Gasteiger partial charge in [0.25, 0.3) is 0 Å². The summed E-state index contributed by atoms with van der Waals surface area (Å²) in [7, 11) is -4.17. The van der Waals surface area contributed by atoms with Gasteiger partial charge in [0.05, 0.1) is 6.61 Å². The fourth-order valence-corrected chi connectivity index (χ4v) is 0.447. The number of rotatable bonds is 2. The molecule has 0 amide bonds. The Morgan fingerprint density at radius 2 is 2.00 bits per heavy atom. The fourth-order valence-electron chi connectivity index (χ4n) is 0.149. The van der Waals surface area contributed by atoms with Crippen molar-refractivity contribution in [2.75, 3.05) is 6.61 Å². The van der Waals surface area contributed by atoms with Crippen molar-refractivity contribution in [3.63, 3.8) is 0 Å². The SMILES string of the molecule is CCOS(=O)(=O)O.[Nd+3]. The van der Waals surface area contributed by atoms with E-state index < -0.39 is 10.4 Å². The van der Waals surface area contributed by atoms with Crippen LogP contribution in [0.3, 0.4) is 0 Å². The van der Waals surface area contributed by atoms with Crippen molar-refractivity contribution in [2.24, 2.45) is 0 Å². The Morgan fingerprint density at radius 3 is 2.00 bits per heavy atom. The fraction of sp³-hybridized carbons (Fsp3) is 1.00. The first kappa shape index (κ1) is 12.0. The van der Waals surface area contributed by atoms with Crippen LogP contribution in [-0.2, 0) is 14.6 Å². The minimum atomic E-state index is -4.17. The maximum absolute atomic E-state index is 9.56. The van der Waals surface area contributed by atoms with Crippen molar-refractivity contribution in [1.82, 2.24) is 0 Å². The summed E-state index contributed by atoms with van der Waals surface area (Å²) in [6.45, 7) is 1.44. The van der Waals surface area contributed by atoms with Gasteiger partial charge in [0, 0.05) is 0 Å². The van der Waals surface area contributed by atoms with Gasteiger partial charge in [0.1, 0.15) is 0 Å². The Hall–Kier alpha value is 1.22. The standard InChI is InChI=1S/C2H6O4S.Nd/c1-2-6-7(3,4)5;/h2H2,1H3,(H,3,4,5);/q;+3. The van der Waals surface area contributed by atoms with E-state index >= 15 is 0 Å². The molecule has 0 aliphatic heterocycles. The molecule has 0 saturated heterocycles. The second kappa shape index (κ2) is 5.04. The van der Waals surface area contributed by atoms with E-state index in [4.69, 9.17) is 4.55 Å². The molecular formula is C2H6NdO4S+3. The van der Waals surface area contributed by atoms with Gasteiger partial charge in [-0.05, 0) is 6.92 Å². The second-order valence-corrected chi connectivity index (χ2v) is 1.93. The summed E-state index contributed by atoms with van der Waals surface area (Å²) in [4.78, 5) is 0. The van der Waals surface area contributed by atoms with Crippen LogP contribution in [0.25, 0.3) is 0 Å². The molecule has 0 aliphatic carbocycles. The van der Waals surface area contributed by atoms with Crippen LogP contribution >= 0.6 is 0 Å². The van der Waals surface area contributed by atoms with Crippen LogP contribution < -0.4 is 0 Å². The van der Waals surface area contributed by atoms with Gasteiger partial charge in [-0.15, -0.1) is 0 Å². The van der Waals surface area contributed by atoms with E-state index in [2.05, 4.69) is 4.18 Å². The Labute approximate surface area is 81.1 Å². The molecule has 1 radical (unpaired) electrons. The predicted molar refractivity (Wildman–Crippen MR) is 23.2 cm³/mol. The molecule has 0 fully saturated rings. The molecule has 8 heavy (non-hydrogen) atoms. The number of hydrogen-bond donors (Lipinski definition) is 1. The van der Waals surface area contributed by atoms with Crippen LogP contribution in [0.1, 0.15) is 6.92 Å². The van der Waals surface area contributed by atoms with Gasteiger partial charge >= 0.3 is 51.2 Å². The quantitative estimate of drug-likeness (QED) is 0.707. The molecule has 0 saturated carbocycles. The Bertz CT molecular complexity index is 127. The molecule has 6 heteroatoms. The van der Waals surface area contributed by atoms with Gasteiger partial charge in [-0.2, -0.15) is 8.42 Å². The largest absolute Gasteiger partial charge is 3.00 e. The van der Waals surface area contributed by atoms with E-state index in [1.807, 2.05) is 0 Å². The van der Waals surface area contributed by atoms with E-state index in [-0.39, 0.29) is 47.4 Å². The average molecular weight is 270 g/mol. The molecule has 0 aliphatic rings. The van der Waals surface area contributed by atoms with E-state index in [1.54, 1.807) is 0 Å². The molecule has 0 rings (SSSR count). The molecular weight excluding hydrogens is 264 g/mol. The monoisotopic (exact) mass is 268 g/mol. The average Bonchev–Trinajstić information content (AvgIpc) is 1.30. The topological polar surface area (TPSA) is 63.6 Å². The van der Waals surface area contributed by atoms with Crippen molar-refractivity contribution in [3.8, 4) is 0 Å². The smallest absolute Gasteiger partial charge is 0.264 e. The summed E-state index contributed by atoms with van der Waals surface area (Å²) >= 11 is 0. The van der Waals surface area contributed by atoms with Crippen molar-refractivity contribution < 1.29 is 58.0 Å². The van der Waals surface area contributed by atoms with Gasteiger partial charge in [-0.25, -0.2) is 4.18 Å². The van der Waals surface area contributed by atoms with E-state index in [0.717, 1.165) is 0 Å². The minimum absolute atomic E-state index is 0. The Morgan fingerprint density at radius 1 is 1.62 bits per heavy atom. The van der Waals surface area contributed by atoms with Crippen molar-refractivity contribution in [1.29, 1.82) is 0 Å². The van der Waals surface area contributed by atoms with Gasteiger partial charge in [-0.3, -0.25) is 4.55 Å². The van der Waals surface area contributed by atoms with Crippen molar-refractivity contribution in [2.45, 2.75) is 6.92 Å². The van der Waals surface area contributed by atoms with Crippen LogP contribution in [-0.4, -0.2) is 19.6 Å². The molecule has 0 aromatic heterocycles. The zero-order chi connectivity index (χ0) is 5.91. The normalized spacial score (nSPS) is 10.2. The maximum atomic E-state index is 9.56. The minimum Gasteiger partial charge on any atom is -0.264 e. The van der Waals surface area contributed by atoms with Crippen LogP contribution in [0, 0.1) is 40.8 Å². The number of hydrogen-bond acceptors (Lipinski definition) is 3. The summed E-state index contributed by atoms with van der Waals surface area (Å²) in [6.07, 6.45) is 0. The first-order valence-electron chi connectivity index (χ1n) is 1.68. The zero-order valence-corrected chi connectivity index (χ0v) is 8.31. The summed E-state index contributed by atoms with van der Waals surface area (Å²) in [5, 5.41) is 0. The van der Waals surface area contributed by atoms with Crippen LogP contribution in [0.5, 0.6) is 0 Å². The second-order valence-electron chi connectivity index (χ2n) is 0.834. The van der Waals surface area contributed by atoms with Gasteiger partial charge in [-0.1, -0.05) is 0 Å². The summed E-state index contributed by atoms with van der Waals surface area (Å²) in [5.41, 5.74) is 0. The Balaban J connectivity index is 0. The molecule has 0 heterocycles. The van der Waals surface area contributed by atoms with E-state index in [1.165, 1.54) is 6.92 Å². The summed E-state index contributed by atoms with van der Waals surface area (Å²) in [5.74, 6) is 0. The summed E-state index contributed by atoms with van der Waals surface area (Å²) in [6, 6.07) is 0. The van der Waals surface area contributed by atoms with Gasteiger partial charge in [0.15, 0.2) is 0 Å². The first-order chi connectivity index (χ1) is 3.06. The third kappa shape index (κ3) is 10.3. The third-order valence-corrected chi connectivity index (χ3v) is 0.800. The molecule has 4 nitrogen and oxygen atoms in total.